The molecule has 0 saturated heterocycles. The standard InChI is InChI=1S/C16H22N2/c1-6-10-7-8-11-12(9-10)18-14(17-11)13-15(2,3)16(13,4)5/h7-9,13H,6H2,1-5H3,(H,17,18). The van der Waals surface area contributed by atoms with E-state index in [1.54, 1.807) is 0 Å². The number of aromatic amines is 1. The van der Waals surface area contributed by atoms with Crippen LogP contribution in [-0.2, 0) is 6.42 Å². The average Bonchev–Trinajstić information content (AvgIpc) is 2.64. The molecular formula is C16H22N2. The second kappa shape index (κ2) is 3.37. The molecule has 96 valence electrons. The minimum atomic E-state index is 0.342. The molecule has 1 fully saturated rings. The van der Waals surface area contributed by atoms with Crippen LogP contribution in [0, 0.1) is 10.8 Å². The lowest BCUT2D eigenvalue weighted by Crippen LogP contribution is -1.95. The number of fused-ring (bicyclic) bond motifs is 1. The molecule has 0 radical (unpaired) electrons. The lowest BCUT2D eigenvalue weighted by molar-refractivity contribution is 0.457. The number of aromatic nitrogens is 2. The van der Waals surface area contributed by atoms with Gasteiger partial charge in [-0.1, -0.05) is 40.7 Å². The largest absolute Gasteiger partial charge is 0.342 e. The van der Waals surface area contributed by atoms with Crippen LogP contribution in [0.15, 0.2) is 18.2 Å². The maximum Gasteiger partial charge on any atom is 0.111 e. The number of hydrogen-bond donors (Lipinski definition) is 1. The molecular weight excluding hydrogens is 220 g/mol. The highest BCUT2D eigenvalue weighted by molar-refractivity contribution is 5.76. The van der Waals surface area contributed by atoms with Crippen molar-refractivity contribution in [3.05, 3.63) is 29.6 Å². The van der Waals surface area contributed by atoms with Crippen molar-refractivity contribution >= 4 is 11.0 Å². The van der Waals surface area contributed by atoms with Crippen LogP contribution in [0.1, 0.15) is 51.9 Å². The number of nitrogens with zero attached hydrogens (tertiary/aromatic N) is 1. The summed E-state index contributed by atoms with van der Waals surface area (Å²) in [6.07, 6.45) is 1.07. The Morgan fingerprint density at radius 3 is 2.39 bits per heavy atom. The molecule has 0 aliphatic heterocycles. The van der Waals surface area contributed by atoms with E-state index in [2.05, 4.69) is 57.8 Å². The Morgan fingerprint density at radius 1 is 1.17 bits per heavy atom. The third kappa shape index (κ3) is 1.38. The highest BCUT2D eigenvalue weighted by atomic mass is 15.0. The van der Waals surface area contributed by atoms with Crippen molar-refractivity contribution in [2.24, 2.45) is 10.8 Å². The quantitative estimate of drug-likeness (QED) is 0.836. The number of nitrogens with one attached hydrogen (secondary N) is 1. The SMILES string of the molecule is CCc1ccc2nc(C3C(C)(C)C3(C)C)[nH]c2c1. The van der Waals surface area contributed by atoms with E-state index >= 15 is 0 Å². The summed E-state index contributed by atoms with van der Waals surface area (Å²) in [5.41, 5.74) is 4.33. The zero-order chi connectivity index (χ0) is 13.1. The summed E-state index contributed by atoms with van der Waals surface area (Å²) >= 11 is 0. The van der Waals surface area contributed by atoms with Crippen molar-refractivity contribution in [2.45, 2.75) is 47.0 Å². The number of benzene rings is 1. The monoisotopic (exact) mass is 242 g/mol. The second-order valence-corrected chi connectivity index (χ2v) is 6.70. The van der Waals surface area contributed by atoms with Crippen molar-refractivity contribution in [1.29, 1.82) is 0 Å². The fourth-order valence-electron chi connectivity index (χ4n) is 3.31. The lowest BCUT2D eigenvalue weighted by Gasteiger charge is -2.03. The van der Waals surface area contributed by atoms with Crippen LogP contribution in [0.3, 0.4) is 0 Å². The van der Waals surface area contributed by atoms with Crippen LogP contribution in [0.4, 0.5) is 0 Å². The van der Waals surface area contributed by atoms with Gasteiger partial charge in [-0.3, -0.25) is 0 Å². The Balaban J connectivity index is 2.05. The fraction of sp³-hybridized carbons (Fsp3) is 0.562. The molecule has 1 heterocycles. The Morgan fingerprint density at radius 2 is 1.83 bits per heavy atom. The van der Waals surface area contributed by atoms with Gasteiger partial charge in [0.05, 0.1) is 11.0 Å². The number of rotatable bonds is 2. The summed E-state index contributed by atoms with van der Waals surface area (Å²) in [5.74, 6) is 1.70. The van der Waals surface area contributed by atoms with Gasteiger partial charge >= 0.3 is 0 Å². The van der Waals surface area contributed by atoms with E-state index in [-0.39, 0.29) is 0 Å². The normalized spacial score (nSPS) is 21.4. The van der Waals surface area contributed by atoms with Gasteiger partial charge in [0, 0.05) is 5.92 Å². The van der Waals surface area contributed by atoms with Crippen LogP contribution in [-0.4, -0.2) is 9.97 Å². The van der Waals surface area contributed by atoms with Crippen molar-refractivity contribution in [3.63, 3.8) is 0 Å². The third-order valence-electron chi connectivity index (χ3n) is 5.27. The fourth-order valence-corrected chi connectivity index (χ4v) is 3.31. The zero-order valence-corrected chi connectivity index (χ0v) is 12.0. The molecule has 0 atom stereocenters. The van der Waals surface area contributed by atoms with Gasteiger partial charge in [0.15, 0.2) is 0 Å². The van der Waals surface area contributed by atoms with Gasteiger partial charge in [0.2, 0.25) is 0 Å². The van der Waals surface area contributed by atoms with Crippen molar-refractivity contribution in [1.82, 2.24) is 9.97 Å². The molecule has 0 amide bonds. The second-order valence-electron chi connectivity index (χ2n) is 6.70. The first-order chi connectivity index (χ1) is 8.38. The van der Waals surface area contributed by atoms with Gasteiger partial charge in [-0.25, -0.2) is 4.98 Å². The van der Waals surface area contributed by atoms with Crippen molar-refractivity contribution in [2.75, 3.05) is 0 Å². The summed E-state index contributed by atoms with van der Waals surface area (Å²) in [6, 6.07) is 6.54. The Bertz CT molecular complexity index is 591. The first-order valence-corrected chi connectivity index (χ1v) is 6.86. The molecule has 3 rings (SSSR count). The molecule has 2 heteroatoms. The maximum absolute atomic E-state index is 4.79. The highest BCUT2D eigenvalue weighted by Crippen LogP contribution is 2.73. The summed E-state index contributed by atoms with van der Waals surface area (Å²) in [4.78, 5) is 8.32. The zero-order valence-electron chi connectivity index (χ0n) is 12.0. The van der Waals surface area contributed by atoms with Crippen LogP contribution in [0.5, 0.6) is 0 Å². The van der Waals surface area contributed by atoms with Gasteiger partial charge in [-0.05, 0) is 34.9 Å². The number of aryl methyl sites for hydroxylation is 1. The predicted octanol–water partition coefficient (Wildman–Crippen LogP) is 4.27. The first kappa shape index (κ1) is 11.8. The molecule has 0 spiro atoms. The number of imidazole rings is 1. The van der Waals surface area contributed by atoms with Crippen LogP contribution < -0.4 is 0 Å². The molecule has 1 N–H and O–H groups in total. The van der Waals surface area contributed by atoms with Gasteiger partial charge in [0.25, 0.3) is 0 Å². The molecule has 18 heavy (non-hydrogen) atoms. The molecule has 1 aromatic carbocycles. The van der Waals surface area contributed by atoms with E-state index in [1.165, 1.54) is 11.1 Å². The molecule has 1 aliphatic carbocycles. The first-order valence-electron chi connectivity index (χ1n) is 6.86. The molecule has 1 aliphatic rings. The van der Waals surface area contributed by atoms with Gasteiger partial charge in [0.1, 0.15) is 5.82 Å². The average molecular weight is 242 g/mol. The number of H-pyrrole nitrogens is 1. The lowest BCUT2D eigenvalue weighted by atomic mass is 10.0. The summed E-state index contributed by atoms with van der Waals surface area (Å²) in [7, 11) is 0. The van der Waals surface area contributed by atoms with E-state index in [0.29, 0.717) is 16.7 Å². The van der Waals surface area contributed by atoms with Crippen LogP contribution >= 0.6 is 0 Å². The van der Waals surface area contributed by atoms with E-state index in [9.17, 15) is 0 Å². The van der Waals surface area contributed by atoms with E-state index in [1.807, 2.05) is 0 Å². The Kier molecular flexibility index (Phi) is 2.20. The van der Waals surface area contributed by atoms with Gasteiger partial charge < -0.3 is 4.98 Å². The van der Waals surface area contributed by atoms with Crippen molar-refractivity contribution in [3.8, 4) is 0 Å². The van der Waals surface area contributed by atoms with E-state index < -0.39 is 0 Å². The summed E-state index contributed by atoms with van der Waals surface area (Å²) in [5, 5.41) is 0. The topological polar surface area (TPSA) is 28.7 Å². The minimum absolute atomic E-state index is 0.342. The van der Waals surface area contributed by atoms with E-state index in [0.717, 1.165) is 17.8 Å². The molecule has 2 aromatic rings. The Labute approximate surface area is 109 Å². The minimum Gasteiger partial charge on any atom is -0.342 e. The van der Waals surface area contributed by atoms with Crippen LogP contribution in [0.25, 0.3) is 11.0 Å². The predicted molar refractivity (Wildman–Crippen MR) is 75.8 cm³/mol. The Hall–Kier alpha value is -1.31. The molecule has 1 aromatic heterocycles. The van der Waals surface area contributed by atoms with Crippen molar-refractivity contribution < 1.29 is 0 Å². The number of hydrogen-bond acceptors (Lipinski definition) is 1. The molecule has 2 nitrogen and oxygen atoms in total. The molecule has 0 unspecified atom stereocenters. The highest BCUT2D eigenvalue weighted by Gasteiger charge is 2.66. The summed E-state index contributed by atoms with van der Waals surface area (Å²) in [6.45, 7) is 11.5. The summed E-state index contributed by atoms with van der Waals surface area (Å²) < 4.78 is 0. The smallest absolute Gasteiger partial charge is 0.111 e. The van der Waals surface area contributed by atoms with E-state index in [4.69, 9.17) is 4.98 Å². The molecule has 1 saturated carbocycles. The van der Waals surface area contributed by atoms with Crippen LogP contribution in [0.2, 0.25) is 0 Å². The van der Waals surface area contributed by atoms with Gasteiger partial charge in [-0.15, -0.1) is 0 Å². The third-order valence-corrected chi connectivity index (χ3v) is 5.27. The molecule has 0 bridgehead atoms. The maximum atomic E-state index is 4.79. The van der Waals surface area contributed by atoms with Gasteiger partial charge in [-0.2, -0.15) is 0 Å².